The van der Waals surface area contributed by atoms with Gasteiger partial charge in [-0.15, -0.1) is 13.2 Å². The van der Waals surface area contributed by atoms with Crippen LogP contribution in [0.1, 0.15) is 10.5 Å². The molecule has 0 aliphatic carbocycles. The molecule has 21 heavy (non-hydrogen) atoms. The molecule has 0 radical (unpaired) electrons. The van der Waals surface area contributed by atoms with Crippen LogP contribution >= 0.6 is 0 Å². The van der Waals surface area contributed by atoms with Crippen LogP contribution in [0.2, 0.25) is 0 Å². The van der Waals surface area contributed by atoms with Gasteiger partial charge in [-0.2, -0.15) is 5.10 Å². The van der Waals surface area contributed by atoms with Crippen molar-refractivity contribution < 1.29 is 27.8 Å². The fourth-order valence-electron chi connectivity index (χ4n) is 1.79. The number of hydrogen-bond acceptors (Lipinski definition) is 4. The van der Waals surface area contributed by atoms with Crippen LogP contribution in [0.15, 0.2) is 29.1 Å². The molecule has 6 nitrogen and oxygen atoms in total. The molecule has 1 heterocycles. The summed E-state index contributed by atoms with van der Waals surface area (Å²) in [5.41, 5.74) is -1.08. The van der Waals surface area contributed by atoms with Gasteiger partial charge in [-0.3, -0.25) is 9.53 Å². The van der Waals surface area contributed by atoms with E-state index in [1.165, 1.54) is 24.3 Å². The van der Waals surface area contributed by atoms with Gasteiger partial charge in [-0.05, 0) is 6.07 Å². The van der Waals surface area contributed by atoms with E-state index >= 15 is 0 Å². The number of rotatable bonds is 4. The number of halogens is 3. The highest BCUT2D eigenvalue weighted by molar-refractivity contribution is 6.01. The molecular weight excluding hydrogens is 293 g/mol. The van der Waals surface area contributed by atoms with Gasteiger partial charge in [0.1, 0.15) is 0 Å². The van der Waals surface area contributed by atoms with E-state index in [9.17, 15) is 22.8 Å². The maximum atomic E-state index is 12.0. The fourth-order valence-corrected chi connectivity index (χ4v) is 1.79. The summed E-state index contributed by atoms with van der Waals surface area (Å²) in [5, 5.41) is 12.8. The zero-order chi connectivity index (χ0) is 15.6. The number of carboxylic acids is 1. The predicted molar refractivity (Wildman–Crippen MR) is 65.0 cm³/mol. The van der Waals surface area contributed by atoms with E-state index in [0.29, 0.717) is 4.68 Å². The van der Waals surface area contributed by atoms with Crippen LogP contribution in [0.25, 0.3) is 10.8 Å². The molecule has 0 saturated carbocycles. The number of alkyl halides is 3. The second-order valence-corrected chi connectivity index (χ2v) is 4.02. The number of carbonyl (C=O) groups is 1. The van der Waals surface area contributed by atoms with Crippen molar-refractivity contribution in [2.75, 3.05) is 6.61 Å². The second-order valence-electron chi connectivity index (χ2n) is 4.02. The summed E-state index contributed by atoms with van der Waals surface area (Å²) in [6.45, 7) is -1.35. The minimum absolute atomic E-state index is 0.0666. The van der Waals surface area contributed by atoms with Gasteiger partial charge in [0.2, 0.25) is 0 Å². The van der Waals surface area contributed by atoms with Crippen LogP contribution in [0.5, 0.6) is 0 Å². The number of aromatic nitrogens is 2. The molecule has 0 fully saturated rings. The van der Waals surface area contributed by atoms with Gasteiger partial charge in [0.15, 0.2) is 5.69 Å². The van der Waals surface area contributed by atoms with Gasteiger partial charge in [0.25, 0.3) is 5.56 Å². The predicted octanol–water partition coefficient (Wildman–Crippen LogP) is 1.63. The fraction of sp³-hybridized carbons (Fsp3) is 0.250. The Bertz CT molecular complexity index is 739. The van der Waals surface area contributed by atoms with Crippen molar-refractivity contribution in [2.45, 2.75) is 12.9 Å². The highest BCUT2D eigenvalue weighted by atomic mass is 19.4. The molecule has 0 amide bonds. The zero-order valence-corrected chi connectivity index (χ0v) is 10.4. The standard InChI is InChI=1S/C12H9F3N2O4/c13-12(14,15)21-6-5-17-10(18)8-4-2-1-3-7(8)9(16-17)11(19)20/h1-4H,5-6H2,(H,19,20). The van der Waals surface area contributed by atoms with E-state index in [4.69, 9.17) is 5.11 Å². The number of nitrogens with zero attached hydrogens (tertiary/aromatic N) is 2. The van der Waals surface area contributed by atoms with E-state index in [2.05, 4.69) is 9.84 Å². The molecule has 1 aromatic heterocycles. The smallest absolute Gasteiger partial charge is 0.476 e. The Hall–Kier alpha value is -2.42. The largest absolute Gasteiger partial charge is 0.522 e. The Balaban J connectivity index is 2.43. The summed E-state index contributed by atoms with van der Waals surface area (Å²) < 4.78 is 39.9. The first kappa shape index (κ1) is 15.0. The number of hydrogen-bond donors (Lipinski definition) is 1. The molecule has 9 heteroatoms. The second kappa shape index (κ2) is 5.52. The molecule has 2 aromatic rings. The van der Waals surface area contributed by atoms with Crippen LogP contribution in [0.4, 0.5) is 13.2 Å². The lowest BCUT2D eigenvalue weighted by molar-refractivity contribution is -0.325. The molecule has 0 aliphatic rings. The average molecular weight is 302 g/mol. The summed E-state index contributed by atoms with van der Waals surface area (Å²) >= 11 is 0. The van der Waals surface area contributed by atoms with Crippen LogP contribution in [0, 0.1) is 0 Å². The summed E-state index contributed by atoms with van der Waals surface area (Å²) in [6, 6.07) is 5.84. The van der Waals surface area contributed by atoms with E-state index in [0.717, 1.165) is 0 Å². The van der Waals surface area contributed by atoms with Gasteiger partial charge >= 0.3 is 12.3 Å². The van der Waals surface area contributed by atoms with Gasteiger partial charge in [0, 0.05) is 5.39 Å². The quantitative estimate of drug-likeness (QED) is 0.928. The number of aromatic carboxylic acids is 1. The first-order chi connectivity index (χ1) is 9.79. The average Bonchev–Trinajstić information content (AvgIpc) is 2.40. The lowest BCUT2D eigenvalue weighted by Gasteiger charge is -2.10. The van der Waals surface area contributed by atoms with Crippen molar-refractivity contribution in [3.63, 3.8) is 0 Å². The minimum Gasteiger partial charge on any atom is -0.476 e. The molecule has 0 saturated heterocycles. The molecular formula is C12H9F3N2O4. The van der Waals surface area contributed by atoms with Gasteiger partial charge in [-0.1, -0.05) is 18.2 Å². The maximum Gasteiger partial charge on any atom is 0.522 e. The molecule has 1 aromatic carbocycles. The van der Waals surface area contributed by atoms with E-state index < -0.39 is 36.7 Å². The third-order valence-corrected chi connectivity index (χ3v) is 2.64. The lowest BCUT2D eigenvalue weighted by atomic mass is 10.1. The highest BCUT2D eigenvalue weighted by Gasteiger charge is 2.28. The molecule has 1 N–H and O–H groups in total. The summed E-state index contributed by atoms with van der Waals surface area (Å²) in [5.74, 6) is -1.38. The van der Waals surface area contributed by atoms with Gasteiger partial charge in [0.05, 0.1) is 18.5 Å². The first-order valence-electron chi connectivity index (χ1n) is 5.73. The van der Waals surface area contributed by atoms with Crippen LogP contribution in [0.3, 0.4) is 0 Å². The molecule has 112 valence electrons. The zero-order valence-electron chi connectivity index (χ0n) is 10.4. The molecule has 0 bridgehead atoms. The van der Waals surface area contributed by atoms with Crippen LogP contribution in [-0.2, 0) is 11.3 Å². The Morgan fingerprint density at radius 3 is 2.48 bits per heavy atom. The minimum atomic E-state index is -4.82. The van der Waals surface area contributed by atoms with Crippen molar-refractivity contribution >= 4 is 16.7 Å². The van der Waals surface area contributed by atoms with Crippen LogP contribution < -0.4 is 5.56 Å². The van der Waals surface area contributed by atoms with Crippen molar-refractivity contribution in [2.24, 2.45) is 0 Å². The molecule has 2 rings (SSSR count). The van der Waals surface area contributed by atoms with E-state index in [1.807, 2.05) is 0 Å². The third kappa shape index (κ3) is 3.37. The van der Waals surface area contributed by atoms with E-state index in [1.54, 1.807) is 0 Å². The van der Waals surface area contributed by atoms with Gasteiger partial charge < -0.3 is 5.11 Å². The third-order valence-electron chi connectivity index (χ3n) is 2.64. The summed E-state index contributed by atoms with van der Waals surface area (Å²) in [7, 11) is 0. The van der Waals surface area contributed by atoms with E-state index in [-0.39, 0.29) is 10.8 Å². The normalized spacial score (nSPS) is 11.8. The van der Waals surface area contributed by atoms with Crippen molar-refractivity contribution in [3.05, 3.63) is 40.3 Å². The van der Waals surface area contributed by atoms with Crippen molar-refractivity contribution in [1.29, 1.82) is 0 Å². The lowest BCUT2D eigenvalue weighted by Crippen LogP contribution is -2.29. The molecule has 0 spiro atoms. The van der Waals surface area contributed by atoms with Crippen molar-refractivity contribution in [1.82, 2.24) is 9.78 Å². The molecule has 0 atom stereocenters. The number of fused-ring (bicyclic) bond motifs is 1. The monoisotopic (exact) mass is 302 g/mol. The Morgan fingerprint density at radius 2 is 1.90 bits per heavy atom. The topological polar surface area (TPSA) is 81.4 Å². The van der Waals surface area contributed by atoms with Gasteiger partial charge in [-0.25, -0.2) is 9.48 Å². The SMILES string of the molecule is O=C(O)c1nn(CCOC(F)(F)F)c(=O)c2ccccc12. The molecule has 0 unspecified atom stereocenters. The Labute approximate surface area is 115 Å². The first-order valence-corrected chi connectivity index (χ1v) is 5.73. The summed E-state index contributed by atoms with van der Waals surface area (Å²) in [6.07, 6.45) is -4.82. The summed E-state index contributed by atoms with van der Waals surface area (Å²) in [4.78, 5) is 23.2. The number of benzene rings is 1. The maximum absolute atomic E-state index is 12.0. The highest BCUT2D eigenvalue weighted by Crippen LogP contribution is 2.16. The number of ether oxygens (including phenoxy) is 1. The molecule has 0 aliphatic heterocycles. The Kier molecular flexibility index (Phi) is 3.94. The number of carboxylic acid groups (broad SMARTS) is 1. The van der Waals surface area contributed by atoms with Crippen LogP contribution in [-0.4, -0.2) is 33.8 Å². The van der Waals surface area contributed by atoms with Crippen molar-refractivity contribution in [3.8, 4) is 0 Å². The Morgan fingerprint density at radius 1 is 1.29 bits per heavy atom.